The van der Waals surface area contributed by atoms with Crippen LogP contribution in [-0.4, -0.2) is 18.0 Å². The lowest BCUT2D eigenvalue weighted by Gasteiger charge is -2.24. The summed E-state index contributed by atoms with van der Waals surface area (Å²) in [4.78, 5) is 0.854. The first kappa shape index (κ1) is 6.26. The van der Waals surface area contributed by atoms with Gasteiger partial charge in [0.1, 0.15) is 0 Å². The molecule has 1 rings (SSSR count). The number of nitrogens with zero attached hydrogens (tertiary/aromatic N) is 1. The van der Waals surface area contributed by atoms with Crippen molar-refractivity contribution in [1.82, 2.24) is 4.90 Å². The third kappa shape index (κ3) is 1.09. The van der Waals surface area contributed by atoms with Gasteiger partial charge in [-0.3, -0.25) is 0 Å². The lowest BCUT2D eigenvalue weighted by Crippen LogP contribution is -2.33. The minimum Gasteiger partial charge on any atom is -0.320 e. The summed E-state index contributed by atoms with van der Waals surface area (Å²) >= 11 is 0. The highest BCUT2D eigenvalue weighted by Crippen LogP contribution is 2.22. The maximum atomic E-state index is 12.4. The molecule has 50 valence electrons. The van der Waals surface area contributed by atoms with Gasteiger partial charge >= 0.3 is 6.05 Å². The molecule has 0 aromatic rings. The summed E-state index contributed by atoms with van der Waals surface area (Å²) < 4.78 is 24.8. The molecule has 3 heteroatoms. The Morgan fingerprint density at radius 2 is 2.00 bits per heavy atom. The van der Waals surface area contributed by atoms with Crippen molar-refractivity contribution >= 4 is 0 Å². The molecule has 1 heterocycles. The molecule has 0 aromatic heterocycles. The topological polar surface area (TPSA) is 3.24 Å². The molecule has 0 unspecified atom stereocenters. The summed E-state index contributed by atoms with van der Waals surface area (Å²) in [6.07, 6.45) is 5.09. The molecule has 1 aliphatic rings. The summed E-state index contributed by atoms with van der Waals surface area (Å²) in [5.41, 5.74) is 0. The Balaban J connectivity index is 2.78. The Hall–Kier alpha value is -0.860. The number of rotatable bonds is 0. The van der Waals surface area contributed by atoms with E-state index in [1.807, 2.05) is 0 Å². The quantitative estimate of drug-likeness (QED) is 0.451. The van der Waals surface area contributed by atoms with E-state index in [1.165, 1.54) is 19.3 Å². The van der Waals surface area contributed by atoms with E-state index in [4.69, 9.17) is 0 Å². The van der Waals surface area contributed by atoms with Crippen LogP contribution < -0.4 is 0 Å². The zero-order chi connectivity index (χ0) is 6.91. The van der Waals surface area contributed by atoms with E-state index in [9.17, 15) is 8.78 Å². The predicted octanol–water partition coefficient (Wildman–Crippen LogP) is 1.59. The summed E-state index contributed by atoms with van der Waals surface area (Å²) in [6.45, 7) is 0. The van der Waals surface area contributed by atoms with Gasteiger partial charge < -0.3 is 4.90 Å². The van der Waals surface area contributed by atoms with Gasteiger partial charge in [-0.1, -0.05) is 6.08 Å². The number of hydrogen-bond acceptors (Lipinski definition) is 1. The Morgan fingerprint density at radius 1 is 1.33 bits per heavy atom. The van der Waals surface area contributed by atoms with Crippen LogP contribution in [0.3, 0.4) is 0 Å². The number of allylic oxidation sites excluding steroid dienone is 2. The Morgan fingerprint density at radius 3 is 2.33 bits per heavy atom. The van der Waals surface area contributed by atoms with E-state index in [1.54, 1.807) is 6.08 Å². The third-order valence-corrected chi connectivity index (χ3v) is 1.19. The molecular formula is C6H7F2N. The van der Waals surface area contributed by atoms with E-state index < -0.39 is 6.05 Å². The van der Waals surface area contributed by atoms with Crippen molar-refractivity contribution in [2.75, 3.05) is 7.05 Å². The molecule has 0 bridgehead atoms. The second-order valence-electron chi connectivity index (χ2n) is 1.90. The highest BCUT2D eigenvalue weighted by Gasteiger charge is 2.29. The normalized spacial score (nSPS) is 22.8. The van der Waals surface area contributed by atoms with Gasteiger partial charge in [-0.2, -0.15) is 8.78 Å². The SMILES string of the molecule is CN1C=CC=CC1(F)F. The Labute approximate surface area is 52.3 Å². The van der Waals surface area contributed by atoms with Crippen LogP contribution in [0.4, 0.5) is 8.78 Å². The van der Waals surface area contributed by atoms with E-state index in [-0.39, 0.29) is 0 Å². The van der Waals surface area contributed by atoms with Gasteiger partial charge in [0.2, 0.25) is 0 Å². The van der Waals surface area contributed by atoms with E-state index in [2.05, 4.69) is 0 Å². The molecule has 9 heavy (non-hydrogen) atoms. The average Bonchev–Trinajstić information content (AvgIpc) is 1.77. The third-order valence-electron chi connectivity index (χ3n) is 1.19. The van der Waals surface area contributed by atoms with Crippen LogP contribution in [-0.2, 0) is 0 Å². The summed E-state index contributed by atoms with van der Waals surface area (Å²) in [7, 11) is 1.33. The fourth-order valence-electron chi connectivity index (χ4n) is 0.567. The van der Waals surface area contributed by atoms with Crippen molar-refractivity contribution < 1.29 is 8.78 Å². The van der Waals surface area contributed by atoms with Gasteiger partial charge in [0.25, 0.3) is 0 Å². The highest BCUT2D eigenvalue weighted by atomic mass is 19.3. The van der Waals surface area contributed by atoms with Crippen molar-refractivity contribution in [2.24, 2.45) is 0 Å². The van der Waals surface area contributed by atoms with Crippen LogP contribution in [0.1, 0.15) is 0 Å². The molecule has 1 nitrogen and oxygen atoms in total. The van der Waals surface area contributed by atoms with Gasteiger partial charge in [-0.25, -0.2) is 0 Å². The Bertz CT molecular complexity index is 160. The van der Waals surface area contributed by atoms with Crippen molar-refractivity contribution in [1.29, 1.82) is 0 Å². The minimum atomic E-state index is -2.80. The molecule has 0 aromatic carbocycles. The number of hydrogen-bond donors (Lipinski definition) is 0. The average molecular weight is 131 g/mol. The van der Waals surface area contributed by atoms with Crippen molar-refractivity contribution in [2.45, 2.75) is 6.05 Å². The zero-order valence-corrected chi connectivity index (χ0v) is 5.01. The van der Waals surface area contributed by atoms with Gasteiger partial charge in [0, 0.05) is 19.3 Å². The second-order valence-corrected chi connectivity index (χ2v) is 1.90. The highest BCUT2D eigenvalue weighted by molar-refractivity contribution is 5.12. The minimum absolute atomic E-state index is 0.854. The molecular weight excluding hydrogens is 124 g/mol. The molecule has 0 fully saturated rings. The largest absolute Gasteiger partial charge is 0.345 e. The van der Waals surface area contributed by atoms with Crippen LogP contribution in [0.2, 0.25) is 0 Å². The molecule has 0 spiro atoms. The van der Waals surface area contributed by atoms with Crippen molar-refractivity contribution in [3.8, 4) is 0 Å². The van der Waals surface area contributed by atoms with Gasteiger partial charge in [-0.15, -0.1) is 0 Å². The van der Waals surface area contributed by atoms with Crippen LogP contribution in [0.15, 0.2) is 24.4 Å². The van der Waals surface area contributed by atoms with E-state index in [0.717, 1.165) is 11.0 Å². The zero-order valence-electron chi connectivity index (χ0n) is 5.01. The molecule has 0 atom stereocenters. The molecule has 0 saturated heterocycles. The molecule has 0 radical (unpaired) electrons. The molecule has 0 N–H and O–H groups in total. The summed E-state index contributed by atoms with van der Waals surface area (Å²) in [6, 6.07) is -2.80. The van der Waals surface area contributed by atoms with E-state index >= 15 is 0 Å². The monoisotopic (exact) mass is 131 g/mol. The molecule has 0 aliphatic carbocycles. The van der Waals surface area contributed by atoms with Crippen LogP contribution in [0.25, 0.3) is 0 Å². The first-order valence-electron chi connectivity index (χ1n) is 2.60. The summed E-state index contributed by atoms with van der Waals surface area (Å²) in [5, 5.41) is 0. The molecule has 1 aliphatic heterocycles. The number of likely N-dealkylation sites (N-methyl/N-ethyl adjacent to an activating group) is 1. The molecule has 0 amide bonds. The number of halogens is 2. The van der Waals surface area contributed by atoms with E-state index in [0.29, 0.717) is 0 Å². The fourth-order valence-corrected chi connectivity index (χ4v) is 0.567. The predicted molar refractivity (Wildman–Crippen MR) is 31.0 cm³/mol. The van der Waals surface area contributed by atoms with Crippen molar-refractivity contribution in [3.63, 3.8) is 0 Å². The Kier molecular flexibility index (Phi) is 1.27. The maximum absolute atomic E-state index is 12.4. The first-order valence-corrected chi connectivity index (χ1v) is 2.60. The van der Waals surface area contributed by atoms with Crippen LogP contribution in [0.5, 0.6) is 0 Å². The summed E-state index contributed by atoms with van der Waals surface area (Å²) in [5.74, 6) is 0. The van der Waals surface area contributed by atoms with Crippen molar-refractivity contribution in [3.05, 3.63) is 24.4 Å². The lowest BCUT2D eigenvalue weighted by molar-refractivity contribution is -0.0642. The second kappa shape index (κ2) is 1.83. The smallest absolute Gasteiger partial charge is 0.320 e. The standard InChI is InChI=1S/C6H7F2N/c1-9-5-3-2-4-6(9,7)8/h2-5H,1H3. The lowest BCUT2D eigenvalue weighted by atomic mass is 10.3. The van der Waals surface area contributed by atoms with Gasteiger partial charge in [0.05, 0.1) is 0 Å². The number of alkyl halides is 2. The maximum Gasteiger partial charge on any atom is 0.345 e. The van der Waals surface area contributed by atoms with Gasteiger partial charge in [-0.05, 0) is 6.08 Å². The first-order chi connectivity index (χ1) is 4.13. The van der Waals surface area contributed by atoms with Gasteiger partial charge in [0.15, 0.2) is 0 Å². The van der Waals surface area contributed by atoms with Crippen LogP contribution in [0, 0.1) is 0 Å². The molecule has 0 saturated carbocycles. The van der Waals surface area contributed by atoms with Crippen LogP contribution >= 0.6 is 0 Å². The fraction of sp³-hybridized carbons (Fsp3) is 0.333.